The molecule has 2 rings (SSSR count). The highest BCUT2D eigenvalue weighted by Crippen LogP contribution is 2.28. The summed E-state index contributed by atoms with van der Waals surface area (Å²) in [5.74, 6) is -0.254. The molecule has 0 aliphatic heterocycles. The van der Waals surface area contributed by atoms with Crippen molar-refractivity contribution in [1.82, 2.24) is 9.97 Å². The molecule has 82 valence electrons. The molecular formula is C10H7BrFN3O. The Labute approximate surface area is 99.4 Å². The molecule has 1 aromatic carbocycles. The molecule has 0 atom stereocenters. The first kappa shape index (κ1) is 10.8. The van der Waals surface area contributed by atoms with E-state index in [2.05, 4.69) is 25.9 Å². The summed E-state index contributed by atoms with van der Waals surface area (Å²) in [4.78, 5) is 7.64. The Morgan fingerprint density at radius 1 is 1.25 bits per heavy atom. The number of hydrogen-bond donors (Lipinski definition) is 1. The zero-order valence-corrected chi connectivity index (χ0v) is 9.61. The van der Waals surface area contributed by atoms with Gasteiger partial charge in [0.25, 0.3) is 5.88 Å². The fourth-order valence-corrected chi connectivity index (χ4v) is 1.41. The van der Waals surface area contributed by atoms with Gasteiger partial charge >= 0.3 is 0 Å². The number of nitrogen functional groups attached to an aromatic ring is 1. The van der Waals surface area contributed by atoms with E-state index in [0.29, 0.717) is 4.47 Å². The van der Waals surface area contributed by atoms with Crippen molar-refractivity contribution in [2.75, 3.05) is 5.73 Å². The lowest BCUT2D eigenvalue weighted by molar-refractivity contribution is 0.427. The summed E-state index contributed by atoms with van der Waals surface area (Å²) in [7, 11) is 0. The van der Waals surface area contributed by atoms with Gasteiger partial charge in [-0.1, -0.05) is 15.9 Å². The van der Waals surface area contributed by atoms with Gasteiger partial charge in [-0.25, -0.2) is 14.4 Å². The summed E-state index contributed by atoms with van der Waals surface area (Å²) in [6, 6.07) is 4.34. The van der Waals surface area contributed by atoms with Gasteiger partial charge < -0.3 is 10.5 Å². The van der Waals surface area contributed by atoms with Gasteiger partial charge in [0.2, 0.25) is 0 Å². The van der Waals surface area contributed by atoms with Crippen molar-refractivity contribution in [2.45, 2.75) is 0 Å². The van der Waals surface area contributed by atoms with Crippen molar-refractivity contribution in [1.29, 1.82) is 0 Å². The second-order valence-electron chi connectivity index (χ2n) is 2.92. The molecule has 0 radical (unpaired) electrons. The third kappa shape index (κ3) is 2.27. The van der Waals surface area contributed by atoms with E-state index in [1.807, 2.05) is 0 Å². The van der Waals surface area contributed by atoms with Crippen LogP contribution in [0.2, 0.25) is 0 Å². The van der Waals surface area contributed by atoms with Gasteiger partial charge in [0.15, 0.2) is 17.4 Å². The minimum Gasteiger partial charge on any atom is -0.433 e. The molecule has 0 aliphatic carbocycles. The fourth-order valence-electron chi connectivity index (χ4n) is 1.07. The average molecular weight is 284 g/mol. The van der Waals surface area contributed by atoms with Crippen molar-refractivity contribution < 1.29 is 9.13 Å². The molecule has 0 fully saturated rings. The quantitative estimate of drug-likeness (QED) is 0.921. The van der Waals surface area contributed by atoms with Crippen LogP contribution in [0.1, 0.15) is 0 Å². The number of halogens is 2. The molecule has 4 nitrogen and oxygen atoms in total. The number of aromatic nitrogens is 2. The molecule has 16 heavy (non-hydrogen) atoms. The van der Waals surface area contributed by atoms with Crippen molar-refractivity contribution in [3.63, 3.8) is 0 Å². The largest absolute Gasteiger partial charge is 0.433 e. The normalized spacial score (nSPS) is 10.1. The van der Waals surface area contributed by atoms with Gasteiger partial charge in [-0.3, -0.25) is 0 Å². The van der Waals surface area contributed by atoms with Crippen LogP contribution in [-0.2, 0) is 0 Å². The maximum atomic E-state index is 13.4. The lowest BCUT2D eigenvalue weighted by Crippen LogP contribution is -1.98. The number of nitrogens with zero attached hydrogens (tertiary/aromatic N) is 2. The molecule has 1 aromatic heterocycles. The van der Waals surface area contributed by atoms with Gasteiger partial charge in [0.1, 0.15) is 0 Å². The van der Waals surface area contributed by atoms with Gasteiger partial charge in [0.05, 0.1) is 0 Å². The molecule has 0 amide bonds. The lowest BCUT2D eigenvalue weighted by atomic mass is 10.3. The monoisotopic (exact) mass is 283 g/mol. The van der Waals surface area contributed by atoms with Crippen LogP contribution in [0.25, 0.3) is 0 Å². The third-order valence-corrected chi connectivity index (χ3v) is 2.28. The van der Waals surface area contributed by atoms with Crippen molar-refractivity contribution >= 4 is 21.7 Å². The SMILES string of the molecule is Nc1nccnc1Oc1cc(Br)ccc1F. The van der Waals surface area contributed by atoms with E-state index < -0.39 is 5.82 Å². The Bertz CT molecular complexity index is 521. The van der Waals surface area contributed by atoms with E-state index in [1.165, 1.54) is 24.5 Å². The first-order valence-electron chi connectivity index (χ1n) is 4.36. The number of nitrogens with two attached hydrogens (primary N) is 1. The van der Waals surface area contributed by atoms with E-state index >= 15 is 0 Å². The number of hydrogen-bond acceptors (Lipinski definition) is 4. The molecule has 0 unspecified atom stereocenters. The van der Waals surface area contributed by atoms with Crippen molar-refractivity contribution in [3.05, 3.63) is 40.9 Å². The zero-order chi connectivity index (χ0) is 11.5. The van der Waals surface area contributed by atoms with E-state index in [1.54, 1.807) is 6.07 Å². The first-order valence-corrected chi connectivity index (χ1v) is 5.15. The van der Waals surface area contributed by atoms with Crippen LogP contribution in [-0.4, -0.2) is 9.97 Å². The minimum atomic E-state index is -0.492. The fraction of sp³-hybridized carbons (Fsp3) is 0. The molecular weight excluding hydrogens is 277 g/mol. The predicted molar refractivity (Wildman–Crippen MR) is 60.6 cm³/mol. The molecule has 0 bridgehead atoms. The summed E-state index contributed by atoms with van der Waals surface area (Å²) < 4.78 is 19.3. The Kier molecular flexibility index (Phi) is 3.00. The maximum absolute atomic E-state index is 13.4. The summed E-state index contributed by atoms with van der Waals surface area (Å²) in [6.45, 7) is 0. The first-order chi connectivity index (χ1) is 7.66. The van der Waals surface area contributed by atoms with Gasteiger partial charge in [-0.05, 0) is 18.2 Å². The number of anilines is 1. The molecule has 0 saturated carbocycles. The summed E-state index contributed by atoms with van der Waals surface area (Å²) in [5.41, 5.74) is 5.52. The molecule has 6 heteroatoms. The molecule has 0 spiro atoms. The van der Waals surface area contributed by atoms with Gasteiger partial charge in [0, 0.05) is 16.9 Å². The molecule has 0 saturated heterocycles. The van der Waals surface area contributed by atoms with E-state index in [9.17, 15) is 4.39 Å². The van der Waals surface area contributed by atoms with Crippen molar-refractivity contribution in [2.24, 2.45) is 0 Å². The van der Waals surface area contributed by atoms with Crippen molar-refractivity contribution in [3.8, 4) is 11.6 Å². The summed E-state index contributed by atoms with van der Waals surface area (Å²) in [6.07, 6.45) is 2.85. The van der Waals surface area contributed by atoms with Crippen LogP contribution in [0.5, 0.6) is 11.6 Å². The second-order valence-corrected chi connectivity index (χ2v) is 3.84. The topological polar surface area (TPSA) is 61.0 Å². The summed E-state index contributed by atoms with van der Waals surface area (Å²) in [5, 5.41) is 0. The lowest BCUT2D eigenvalue weighted by Gasteiger charge is -2.07. The highest BCUT2D eigenvalue weighted by atomic mass is 79.9. The minimum absolute atomic E-state index is 0.0431. The van der Waals surface area contributed by atoms with Gasteiger partial charge in [-0.2, -0.15) is 0 Å². The van der Waals surface area contributed by atoms with Crippen LogP contribution in [0, 0.1) is 5.82 Å². The average Bonchev–Trinajstić information content (AvgIpc) is 2.27. The van der Waals surface area contributed by atoms with Crippen LogP contribution < -0.4 is 10.5 Å². The molecule has 2 N–H and O–H groups in total. The van der Waals surface area contributed by atoms with Crippen LogP contribution in [0.4, 0.5) is 10.2 Å². The zero-order valence-electron chi connectivity index (χ0n) is 8.02. The highest BCUT2D eigenvalue weighted by molar-refractivity contribution is 9.10. The molecule has 2 aromatic rings. The maximum Gasteiger partial charge on any atom is 0.262 e. The van der Waals surface area contributed by atoms with Crippen LogP contribution >= 0.6 is 15.9 Å². The highest BCUT2D eigenvalue weighted by Gasteiger charge is 2.08. The Balaban J connectivity index is 2.34. The molecule has 1 heterocycles. The third-order valence-electron chi connectivity index (χ3n) is 1.79. The smallest absolute Gasteiger partial charge is 0.262 e. The predicted octanol–water partition coefficient (Wildman–Crippen LogP) is 2.75. The molecule has 0 aliphatic rings. The Morgan fingerprint density at radius 2 is 2.00 bits per heavy atom. The second kappa shape index (κ2) is 4.44. The van der Waals surface area contributed by atoms with Crippen LogP contribution in [0.15, 0.2) is 35.1 Å². The Hall–Kier alpha value is -1.69. The van der Waals surface area contributed by atoms with E-state index in [-0.39, 0.29) is 17.4 Å². The Morgan fingerprint density at radius 3 is 2.75 bits per heavy atom. The van der Waals surface area contributed by atoms with Gasteiger partial charge in [-0.15, -0.1) is 0 Å². The summed E-state index contributed by atoms with van der Waals surface area (Å²) >= 11 is 3.21. The number of ether oxygens (including phenoxy) is 1. The van der Waals surface area contributed by atoms with E-state index in [0.717, 1.165) is 0 Å². The number of rotatable bonds is 2. The number of benzene rings is 1. The van der Waals surface area contributed by atoms with Crippen LogP contribution in [0.3, 0.4) is 0 Å². The van der Waals surface area contributed by atoms with E-state index in [4.69, 9.17) is 10.5 Å². The standard InChI is InChI=1S/C10H7BrFN3O/c11-6-1-2-7(12)8(5-6)16-10-9(13)14-3-4-15-10/h1-5H,(H2,13,14).